The minimum Gasteiger partial charge on any atom is -0.350 e. The van der Waals surface area contributed by atoms with Crippen molar-refractivity contribution in [3.05, 3.63) is 18.3 Å². The third kappa shape index (κ3) is 4.20. The van der Waals surface area contributed by atoms with Crippen molar-refractivity contribution in [1.29, 1.82) is 0 Å². The van der Waals surface area contributed by atoms with Gasteiger partial charge in [0.25, 0.3) is 0 Å². The molecule has 128 valence electrons. The molecule has 2 rings (SSSR count). The number of pyridine rings is 1. The first-order chi connectivity index (χ1) is 10.8. The van der Waals surface area contributed by atoms with Gasteiger partial charge >= 0.3 is 0 Å². The minimum absolute atomic E-state index is 0.0423. The summed E-state index contributed by atoms with van der Waals surface area (Å²) in [6.45, 7) is 1.33. The lowest BCUT2D eigenvalue weighted by Crippen LogP contribution is -2.36. The van der Waals surface area contributed by atoms with E-state index in [4.69, 9.17) is 0 Å². The van der Waals surface area contributed by atoms with Crippen LogP contribution < -0.4 is 4.90 Å². The zero-order valence-electron chi connectivity index (χ0n) is 13.9. The van der Waals surface area contributed by atoms with E-state index in [0.717, 1.165) is 19.3 Å². The quantitative estimate of drug-likeness (QED) is 0.792. The summed E-state index contributed by atoms with van der Waals surface area (Å²) in [5.41, 5.74) is 0. The lowest BCUT2D eigenvalue weighted by atomic mass is 10.2. The van der Waals surface area contributed by atoms with Gasteiger partial charge in [0.05, 0.1) is 6.54 Å². The van der Waals surface area contributed by atoms with Crippen LogP contribution in [0.4, 0.5) is 5.82 Å². The maximum atomic E-state index is 12.5. The van der Waals surface area contributed by atoms with Crippen LogP contribution in [0.5, 0.6) is 0 Å². The molecule has 1 amide bonds. The van der Waals surface area contributed by atoms with Gasteiger partial charge in [-0.2, -0.15) is 4.31 Å². The summed E-state index contributed by atoms with van der Waals surface area (Å²) in [6, 6.07) is 3.20. The number of aromatic nitrogens is 1. The van der Waals surface area contributed by atoms with Crippen LogP contribution in [0.25, 0.3) is 0 Å². The molecule has 0 aliphatic carbocycles. The molecule has 2 heterocycles. The fourth-order valence-corrected chi connectivity index (χ4v) is 3.89. The van der Waals surface area contributed by atoms with Crippen molar-refractivity contribution in [2.45, 2.75) is 24.2 Å². The van der Waals surface area contributed by atoms with Gasteiger partial charge in [-0.05, 0) is 25.0 Å². The van der Waals surface area contributed by atoms with Crippen LogP contribution in [0.3, 0.4) is 0 Å². The smallest absolute Gasteiger partial charge is 0.244 e. The highest BCUT2D eigenvalue weighted by atomic mass is 32.2. The van der Waals surface area contributed by atoms with Crippen LogP contribution in [0.2, 0.25) is 0 Å². The number of hydrogen-bond donors (Lipinski definition) is 0. The number of carbonyl (C=O) groups is 1. The van der Waals surface area contributed by atoms with E-state index in [0.29, 0.717) is 18.9 Å². The first kappa shape index (κ1) is 17.7. The number of hydrogen-bond acceptors (Lipinski definition) is 5. The Labute approximate surface area is 137 Å². The number of anilines is 1. The maximum Gasteiger partial charge on any atom is 0.244 e. The van der Waals surface area contributed by atoms with Crippen LogP contribution >= 0.6 is 0 Å². The number of nitrogens with zero attached hydrogens (tertiary/aromatic N) is 4. The summed E-state index contributed by atoms with van der Waals surface area (Å²) in [5, 5.41) is 0. The van der Waals surface area contributed by atoms with Crippen molar-refractivity contribution in [2.75, 3.05) is 45.7 Å². The summed E-state index contributed by atoms with van der Waals surface area (Å²) in [7, 11) is 1.67. The molecule has 7 nitrogen and oxygen atoms in total. The molecule has 0 spiro atoms. The number of rotatable bonds is 5. The first-order valence-corrected chi connectivity index (χ1v) is 9.14. The molecule has 0 atom stereocenters. The molecule has 1 aromatic heterocycles. The Bertz CT molecular complexity index is 637. The van der Waals surface area contributed by atoms with Gasteiger partial charge in [0, 0.05) is 40.4 Å². The molecule has 23 heavy (non-hydrogen) atoms. The number of likely N-dealkylation sites (N-methyl/N-ethyl adjacent to an activating group) is 2. The third-order valence-electron chi connectivity index (χ3n) is 3.94. The van der Waals surface area contributed by atoms with Crippen LogP contribution in [0, 0.1) is 0 Å². The number of piperidine rings is 1. The molecule has 8 heteroatoms. The van der Waals surface area contributed by atoms with Crippen molar-refractivity contribution < 1.29 is 13.2 Å². The van der Waals surface area contributed by atoms with Gasteiger partial charge in [0.1, 0.15) is 10.7 Å². The van der Waals surface area contributed by atoms with E-state index in [1.807, 2.05) is 0 Å². The van der Waals surface area contributed by atoms with Crippen LogP contribution in [-0.2, 0) is 14.8 Å². The standard InChI is InChI=1S/C15H24N4O3S/c1-17(2)15(20)12-18(3)14-8-7-13(11-16-14)23(21,22)19-9-5-4-6-10-19/h7-8,11H,4-6,9-10,12H2,1-3H3. The Hall–Kier alpha value is -1.67. The molecule has 1 fully saturated rings. The maximum absolute atomic E-state index is 12.5. The van der Waals surface area contributed by atoms with E-state index in [1.54, 1.807) is 38.2 Å². The Kier molecular flexibility index (Phi) is 5.59. The van der Waals surface area contributed by atoms with Gasteiger partial charge in [-0.15, -0.1) is 0 Å². The van der Waals surface area contributed by atoms with Gasteiger partial charge in [-0.25, -0.2) is 13.4 Å². The first-order valence-electron chi connectivity index (χ1n) is 7.70. The molecule has 0 unspecified atom stereocenters. The minimum atomic E-state index is -3.46. The van der Waals surface area contributed by atoms with Crippen LogP contribution in [0.15, 0.2) is 23.2 Å². The van der Waals surface area contributed by atoms with Crippen LogP contribution in [-0.4, -0.2) is 69.3 Å². The fraction of sp³-hybridized carbons (Fsp3) is 0.600. The zero-order valence-corrected chi connectivity index (χ0v) is 14.7. The Morgan fingerprint density at radius 1 is 1.17 bits per heavy atom. The summed E-state index contributed by atoms with van der Waals surface area (Å²) in [4.78, 5) is 19.3. The predicted molar refractivity (Wildman–Crippen MR) is 88.8 cm³/mol. The molecule has 0 N–H and O–H groups in total. The molecule has 1 aromatic rings. The summed E-state index contributed by atoms with van der Waals surface area (Å²) in [5.74, 6) is 0.525. The molecule has 0 aromatic carbocycles. The lowest BCUT2D eigenvalue weighted by Gasteiger charge is -2.26. The summed E-state index contributed by atoms with van der Waals surface area (Å²) >= 11 is 0. The van der Waals surface area contributed by atoms with E-state index in [2.05, 4.69) is 4.98 Å². The molecular formula is C15H24N4O3S. The second kappa shape index (κ2) is 7.27. The average molecular weight is 340 g/mol. The van der Waals surface area contributed by atoms with Crippen molar-refractivity contribution in [3.63, 3.8) is 0 Å². The molecule has 1 aliphatic rings. The average Bonchev–Trinajstić information content (AvgIpc) is 2.55. The highest BCUT2D eigenvalue weighted by molar-refractivity contribution is 7.89. The molecule has 0 saturated carbocycles. The predicted octanol–water partition coefficient (Wildman–Crippen LogP) is 0.781. The molecular weight excluding hydrogens is 316 g/mol. The van der Waals surface area contributed by atoms with Crippen LogP contribution in [0.1, 0.15) is 19.3 Å². The van der Waals surface area contributed by atoms with Crippen molar-refractivity contribution in [2.24, 2.45) is 0 Å². The Morgan fingerprint density at radius 3 is 2.35 bits per heavy atom. The van der Waals surface area contributed by atoms with Gasteiger partial charge in [-0.1, -0.05) is 6.42 Å². The highest BCUT2D eigenvalue weighted by Gasteiger charge is 2.26. The third-order valence-corrected chi connectivity index (χ3v) is 5.82. The van der Waals surface area contributed by atoms with E-state index in [1.165, 1.54) is 15.4 Å². The molecule has 0 bridgehead atoms. The molecule has 1 saturated heterocycles. The highest BCUT2D eigenvalue weighted by Crippen LogP contribution is 2.21. The number of sulfonamides is 1. The second-order valence-corrected chi connectivity index (χ2v) is 7.90. The number of amides is 1. The fourth-order valence-electron chi connectivity index (χ4n) is 2.43. The summed E-state index contributed by atoms with van der Waals surface area (Å²) < 4.78 is 26.6. The van der Waals surface area contributed by atoms with E-state index >= 15 is 0 Å². The van der Waals surface area contributed by atoms with Crippen molar-refractivity contribution in [3.8, 4) is 0 Å². The SMILES string of the molecule is CN(C)C(=O)CN(C)c1ccc(S(=O)(=O)N2CCCCC2)cn1. The summed E-state index contributed by atoms with van der Waals surface area (Å²) in [6.07, 6.45) is 4.25. The zero-order chi connectivity index (χ0) is 17.0. The lowest BCUT2D eigenvalue weighted by molar-refractivity contribution is -0.127. The van der Waals surface area contributed by atoms with E-state index < -0.39 is 10.0 Å². The van der Waals surface area contributed by atoms with Gasteiger partial charge < -0.3 is 9.80 Å². The van der Waals surface area contributed by atoms with Gasteiger partial charge in [-0.3, -0.25) is 4.79 Å². The Balaban J connectivity index is 2.11. The second-order valence-electron chi connectivity index (χ2n) is 5.96. The molecule has 0 radical (unpaired) electrons. The Morgan fingerprint density at radius 2 is 1.83 bits per heavy atom. The normalized spacial score (nSPS) is 16.1. The topological polar surface area (TPSA) is 73.8 Å². The van der Waals surface area contributed by atoms with E-state index in [9.17, 15) is 13.2 Å². The number of carbonyl (C=O) groups excluding carboxylic acids is 1. The largest absolute Gasteiger partial charge is 0.350 e. The van der Waals surface area contributed by atoms with Crippen molar-refractivity contribution in [1.82, 2.24) is 14.2 Å². The monoisotopic (exact) mass is 340 g/mol. The van der Waals surface area contributed by atoms with Gasteiger partial charge in [0.15, 0.2) is 0 Å². The van der Waals surface area contributed by atoms with Crippen molar-refractivity contribution >= 4 is 21.7 Å². The molecule has 1 aliphatic heterocycles. The van der Waals surface area contributed by atoms with Gasteiger partial charge in [0.2, 0.25) is 15.9 Å². The van der Waals surface area contributed by atoms with E-state index in [-0.39, 0.29) is 17.3 Å².